The Hall–Kier alpha value is -1.13. The summed E-state index contributed by atoms with van der Waals surface area (Å²) < 4.78 is 19.3. The number of rotatable bonds is 3. The van der Waals surface area contributed by atoms with E-state index in [0.717, 1.165) is 19.4 Å². The molecule has 0 N–H and O–H groups in total. The second-order valence-electron chi connectivity index (χ2n) is 6.40. The van der Waals surface area contributed by atoms with Crippen molar-refractivity contribution in [3.8, 4) is 0 Å². The van der Waals surface area contributed by atoms with Crippen LogP contribution in [0.15, 0.2) is 18.2 Å². The highest BCUT2D eigenvalue weighted by atomic mass is 35.5. The van der Waals surface area contributed by atoms with Crippen LogP contribution in [0.25, 0.3) is 0 Å². The highest BCUT2D eigenvalue weighted by Crippen LogP contribution is 2.24. The third-order valence-electron chi connectivity index (χ3n) is 3.43. The number of hydrogen-bond donors (Lipinski definition) is 0. The third-order valence-corrected chi connectivity index (χ3v) is 3.67. The molecule has 1 aromatic carbocycles. The molecule has 116 valence electrons. The first-order valence-electron chi connectivity index (χ1n) is 7.17. The fraction of sp³-hybridized carbons (Fsp3) is 0.562. The first kappa shape index (κ1) is 16.2. The Balaban J connectivity index is 2.06. The van der Waals surface area contributed by atoms with E-state index < -0.39 is 5.60 Å². The van der Waals surface area contributed by atoms with Gasteiger partial charge in [-0.05, 0) is 52.3 Å². The molecule has 1 aromatic rings. The van der Waals surface area contributed by atoms with Gasteiger partial charge in [-0.1, -0.05) is 17.7 Å². The van der Waals surface area contributed by atoms with Crippen LogP contribution in [0.4, 0.5) is 4.39 Å². The van der Waals surface area contributed by atoms with Crippen LogP contribution in [0.5, 0.6) is 0 Å². The molecule has 2 rings (SSSR count). The second-order valence-corrected chi connectivity index (χ2v) is 6.83. The van der Waals surface area contributed by atoms with E-state index in [1.165, 1.54) is 6.07 Å². The first-order chi connectivity index (χ1) is 9.76. The van der Waals surface area contributed by atoms with Gasteiger partial charge in [0.15, 0.2) is 0 Å². The van der Waals surface area contributed by atoms with E-state index in [4.69, 9.17) is 16.3 Å². The molecule has 1 atom stereocenters. The van der Waals surface area contributed by atoms with Gasteiger partial charge >= 0.3 is 5.97 Å². The number of nitrogens with zero attached hydrogens (tertiary/aromatic N) is 1. The van der Waals surface area contributed by atoms with E-state index >= 15 is 0 Å². The van der Waals surface area contributed by atoms with E-state index in [9.17, 15) is 9.18 Å². The standard InChI is InChI=1S/C16H21ClFNO2/c1-16(2,3)21-15(20)14-5-4-8-19(14)10-11-6-7-12(17)9-13(11)18/h6-7,9,14H,4-5,8,10H2,1-3H3/t14-/m0/s1. The van der Waals surface area contributed by atoms with E-state index in [2.05, 4.69) is 0 Å². The lowest BCUT2D eigenvalue weighted by Gasteiger charge is -2.27. The van der Waals surface area contributed by atoms with Crippen molar-refractivity contribution in [1.29, 1.82) is 0 Å². The van der Waals surface area contributed by atoms with Crippen LogP contribution in [0.1, 0.15) is 39.2 Å². The summed E-state index contributed by atoms with van der Waals surface area (Å²) in [7, 11) is 0. The van der Waals surface area contributed by atoms with Crippen molar-refractivity contribution in [2.75, 3.05) is 6.54 Å². The predicted octanol–water partition coefficient (Wildman–Crippen LogP) is 3.79. The van der Waals surface area contributed by atoms with Gasteiger partial charge < -0.3 is 4.74 Å². The van der Waals surface area contributed by atoms with Crippen LogP contribution in [-0.4, -0.2) is 29.1 Å². The average molecular weight is 314 g/mol. The summed E-state index contributed by atoms with van der Waals surface area (Å²) in [6.45, 7) is 6.72. The number of esters is 1. The molecule has 1 saturated heterocycles. The molecule has 1 fully saturated rings. The summed E-state index contributed by atoms with van der Waals surface area (Å²) in [5.41, 5.74) is 0.0477. The minimum Gasteiger partial charge on any atom is -0.459 e. The van der Waals surface area contributed by atoms with E-state index in [-0.39, 0.29) is 17.8 Å². The van der Waals surface area contributed by atoms with Gasteiger partial charge in [-0.25, -0.2) is 4.39 Å². The lowest BCUT2D eigenvalue weighted by atomic mass is 10.1. The third kappa shape index (κ3) is 4.42. The molecule has 0 aliphatic carbocycles. The molecule has 3 nitrogen and oxygen atoms in total. The van der Waals surface area contributed by atoms with Crippen LogP contribution in [0, 0.1) is 5.82 Å². The zero-order valence-corrected chi connectivity index (χ0v) is 13.4. The van der Waals surface area contributed by atoms with Crippen molar-refractivity contribution < 1.29 is 13.9 Å². The number of likely N-dealkylation sites (tertiary alicyclic amines) is 1. The molecule has 0 radical (unpaired) electrons. The van der Waals surface area contributed by atoms with Crippen LogP contribution in [0.3, 0.4) is 0 Å². The number of hydrogen-bond acceptors (Lipinski definition) is 3. The van der Waals surface area contributed by atoms with Crippen LogP contribution in [-0.2, 0) is 16.1 Å². The van der Waals surface area contributed by atoms with Crippen molar-refractivity contribution in [2.45, 2.75) is 51.8 Å². The predicted molar refractivity (Wildman–Crippen MR) is 80.7 cm³/mol. The van der Waals surface area contributed by atoms with Gasteiger partial charge in [-0.2, -0.15) is 0 Å². The number of ether oxygens (including phenoxy) is 1. The Morgan fingerprint density at radius 2 is 2.19 bits per heavy atom. The second kappa shape index (κ2) is 6.32. The summed E-state index contributed by atoms with van der Waals surface area (Å²) in [6.07, 6.45) is 1.67. The zero-order valence-electron chi connectivity index (χ0n) is 12.7. The molecule has 21 heavy (non-hydrogen) atoms. The summed E-state index contributed by atoms with van der Waals surface area (Å²) in [6, 6.07) is 4.34. The Morgan fingerprint density at radius 3 is 2.81 bits per heavy atom. The summed E-state index contributed by atoms with van der Waals surface area (Å²) in [4.78, 5) is 14.2. The number of carbonyl (C=O) groups is 1. The maximum Gasteiger partial charge on any atom is 0.323 e. The van der Waals surface area contributed by atoms with Crippen LogP contribution in [0.2, 0.25) is 5.02 Å². The van der Waals surface area contributed by atoms with Crippen molar-refractivity contribution in [2.24, 2.45) is 0 Å². The van der Waals surface area contributed by atoms with Gasteiger partial charge in [0.25, 0.3) is 0 Å². The molecule has 0 amide bonds. The quantitative estimate of drug-likeness (QED) is 0.795. The first-order valence-corrected chi connectivity index (χ1v) is 7.55. The smallest absolute Gasteiger partial charge is 0.323 e. The Bertz CT molecular complexity index is 527. The fourth-order valence-electron chi connectivity index (χ4n) is 2.52. The number of halogens is 2. The maximum absolute atomic E-state index is 13.9. The molecule has 0 bridgehead atoms. The average Bonchev–Trinajstić information content (AvgIpc) is 2.79. The van der Waals surface area contributed by atoms with Crippen molar-refractivity contribution in [3.63, 3.8) is 0 Å². The summed E-state index contributed by atoms with van der Waals surface area (Å²) in [5, 5.41) is 0.376. The molecular formula is C16H21ClFNO2. The Labute approximate surface area is 130 Å². The van der Waals surface area contributed by atoms with Gasteiger partial charge in [-0.15, -0.1) is 0 Å². The molecule has 5 heteroatoms. The topological polar surface area (TPSA) is 29.5 Å². The lowest BCUT2D eigenvalue weighted by Crippen LogP contribution is -2.40. The molecule has 0 aromatic heterocycles. The fourth-order valence-corrected chi connectivity index (χ4v) is 2.68. The monoisotopic (exact) mass is 313 g/mol. The van der Waals surface area contributed by atoms with E-state index in [1.807, 2.05) is 25.7 Å². The SMILES string of the molecule is CC(C)(C)OC(=O)[C@@H]1CCCN1Cc1ccc(Cl)cc1F. The lowest BCUT2D eigenvalue weighted by molar-refractivity contribution is -0.160. The Morgan fingerprint density at radius 1 is 1.48 bits per heavy atom. The molecule has 1 heterocycles. The van der Waals surface area contributed by atoms with Crippen molar-refractivity contribution in [1.82, 2.24) is 4.90 Å². The molecule has 0 saturated carbocycles. The summed E-state index contributed by atoms with van der Waals surface area (Å²) in [5.74, 6) is -0.563. The van der Waals surface area contributed by atoms with Gasteiger partial charge in [-0.3, -0.25) is 9.69 Å². The van der Waals surface area contributed by atoms with Gasteiger partial charge in [0, 0.05) is 17.1 Å². The minimum absolute atomic E-state index is 0.227. The van der Waals surface area contributed by atoms with Crippen molar-refractivity contribution in [3.05, 3.63) is 34.6 Å². The highest BCUT2D eigenvalue weighted by Gasteiger charge is 2.34. The van der Waals surface area contributed by atoms with Crippen LogP contribution < -0.4 is 0 Å². The largest absolute Gasteiger partial charge is 0.459 e. The summed E-state index contributed by atoms with van der Waals surface area (Å²) >= 11 is 5.76. The number of carbonyl (C=O) groups excluding carboxylic acids is 1. The molecule has 1 aliphatic rings. The van der Waals surface area contributed by atoms with E-state index in [1.54, 1.807) is 12.1 Å². The van der Waals surface area contributed by atoms with Gasteiger partial charge in [0.2, 0.25) is 0 Å². The maximum atomic E-state index is 13.9. The van der Waals surface area contributed by atoms with E-state index in [0.29, 0.717) is 17.1 Å². The molecular weight excluding hydrogens is 293 g/mol. The van der Waals surface area contributed by atoms with Gasteiger partial charge in [0.1, 0.15) is 17.5 Å². The molecule has 0 spiro atoms. The normalized spacial score (nSPS) is 19.8. The zero-order chi connectivity index (χ0) is 15.6. The minimum atomic E-state index is -0.503. The Kier molecular flexibility index (Phi) is 4.89. The molecule has 0 unspecified atom stereocenters. The highest BCUT2D eigenvalue weighted by molar-refractivity contribution is 6.30. The van der Waals surface area contributed by atoms with Crippen molar-refractivity contribution >= 4 is 17.6 Å². The number of benzene rings is 1. The van der Waals surface area contributed by atoms with Gasteiger partial charge in [0.05, 0.1) is 0 Å². The molecule has 1 aliphatic heterocycles. The van der Waals surface area contributed by atoms with Crippen LogP contribution >= 0.6 is 11.6 Å².